The number of amides is 1. The van der Waals surface area contributed by atoms with Gasteiger partial charge in [-0.15, -0.1) is 0 Å². The molecule has 22 heavy (non-hydrogen) atoms. The topological polar surface area (TPSA) is 50.2 Å². The highest BCUT2D eigenvalue weighted by Crippen LogP contribution is 2.26. The maximum Gasteiger partial charge on any atom is 0.248 e. The van der Waals surface area contributed by atoms with Gasteiger partial charge in [0.05, 0.1) is 0 Å². The van der Waals surface area contributed by atoms with E-state index >= 15 is 0 Å². The molecule has 3 rings (SSSR count). The van der Waals surface area contributed by atoms with Crippen LogP contribution >= 0.6 is 0 Å². The Morgan fingerprint density at radius 2 is 2.05 bits per heavy atom. The molecule has 5 heteroatoms. The molecular weight excluding hydrogens is 276 g/mol. The Morgan fingerprint density at radius 3 is 2.73 bits per heavy atom. The van der Waals surface area contributed by atoms with Crippen molar-refractivity contribution < 1.29 is 4.79 Å². The summed E-state index contributed by atoms with van der Waals surface area (Å²) in [7, 11) is 0. The van der Waals surface area contributed by atoms with Crippen LogP contribution in [0.1, 0.15) is 32.7 Å². The van der Waals surface area contributed by atoms with Gasteiger partial charge in [-0.3, -0.25) is 9.48 Å². The predicted molar refractivity (Wildman–Crippen MR) is 88.1 cm³/mol. The second kappa shape index (κ2) is 6.22. The molecule has 1 aliphatic heterocycles. The molecule has 116 valence electrons. The van der Waals surface area contributed by atoms with Gasteiger partial charge in [0.1, 0.15) is 6.04 Å². The second-order valence-electron chi connectivity index (χ2n) is 5.95. The molecule has 0 bridgehead atoms. The van der Waals surface area contributed by atoms with Crippen molar-refractivity contribution in [2.75, 3.05) is 16.8 Å². The van der Waals surface area contributed by atoms with Crippen molar-refractivity contribution in [1.82, 2.24) is 9.78 Å². The number of benzene rings is 1. The van der Waals surface area contributed by atoms with Gasteiger partial charge < -0.3 is 10.2 Å². The van der Waals surface area contributed by atoms with Gasteiger partial charge in [0.2, 0.25) is 5.91 Å². The van der Waals surface area contributed by atoms with Gasteiger partial charge in [0.25, 0.3) is 0 Å². The lowest BCUT2D eigenvalue weighted by Gasteiger charge is -2.25. The Morgan fingerprint density at radius 1 is 1.27 bits per heavy atom. The lowest BCUT2D eigenvalue weighted by Crippen LogP contribution is -2.39. The largest absolute Gasteiger partial charge is 0.360 e. The zero-order valence-corrected chi connectivity index (χ0v) is 13.1. The number of para-hydroxylation sites is 1. The zero-order chi connectivity index (χ0) is 15.5. The molecule has 1 aromatic heterocycles. The summed E-state index contributed by atoms with van der Waals surface area (Å²) >= 11 is 0. The monoisotopic (exact) mass is 298 g/mol. The number of anilines is 2. The Balaban J connectivity index is 1.70. The van der Waals surface area contributed by atoms with Crippen molar-refractivity contribution in [1.29, 1.82) is 0 Å². The molecule has 1 fully saturated rings. The van der Waals surface area contributed by atoms with Gasteiger partial charge in [-0.1, -0.05) is 18.2 Å². The van der Waals surface area contributed by atoms with Crippen LogP contribution in [0.3, 0.4) is 0 Å². The molecule has 1 saturated heterocycles. The SMILES string of the molecule is CC(C)n1ccc(NC(=O)C2CCCN2c2ccccc2)n1. The van der Waals surface area contributed by atoms with Crippen LogP contribution in [0.5, 0.6) is 0 Å². The quantitative estimate of drug-likeness (QED) is 0.943. The van der Waals surface area contributed by atoms with Crippen LogP contribution in [0, 0.1) is 0 Å². The van der Waals surface area contributed by atoms with E-state index in [1.165, 1.54) is 0 Å². The van der Waals surface area contributed by atoms with E-state index in [4.69, 9.17) is 0 Å². The normalized spacial score (nSPS) is 18.0. The van der Waals surface area contributed by atoms with Gasteiger partial charge in [-0.05, 0) is 38.8 Å². The van der Waals surface area contributed by atoms with Crippen LogP contribution in [0.25, 0.3) is 0 Å². The third kappa shape index (κ3) is 2.98. The Kier molecular flexibility index (Phi) is 4.13. The van der Waals surface area contributed by atoms with E-state index in [1.807, 2.05) is 35.1 Å². The average molecular weight is 298 g/mol. The van der Waals surface area contributed by atoms with Crippen molar-refractivity contribution in [3.63, 3.8) is 0 Å². The highest BCUT2D eigenvalue weighted by Gasteiger charge is 2.31. The first-order chi connectivity index (χ1) is 10.6. The smallest absolute Gasteiger partial charge is 0.248 e. The summed E-state index contributed by atoms with van der Waals surface area (Å²) in [6.07, 6.45) is 3.81. The molecule has 1 atom stereocenters. The number of nitrogens with zero attached hydrogens (tertiary/aromatic N) is 3. The molecule has 0 aliphatic carbocycles. The maximum atomic E-state index is 12.6. The van der Waals surface area contributed by atoms with E-state index in [2.05, 4.69) is 41.3 Å². The number of rotatable bonds is 4. The van der Waals surface area contributed by atoms with Gasteiger partial charge in [-0.2, -0.15) is 5.10 Å². The summed E-state index contributed by atoms with van der Waals surface area (Å²) in [6, 6.07) is 12.1. The molecule has 1 aliphatic rings. The number of aromatic nitrogens is 2. The molecular formula is C17H22N4O. The van der Waals surface area contributed by atoms with Crippen LogP contribution in [0.15, 0.2) is 42.6 Å². The zero-order valence-electron chi connectivity index (χ0n) is 13.1. The van der Waals surface area contributed by atoms with E-state index in [0.29, 0.717) is 5.82 Å². The van der Waals surface area contributed by atoms with E-state index in [9.17, 15) is 4.79 Å². The number of hydrogen-bond donors (Lipinski definition) is 1. The lowest BCUT2D eigenvalue weighted by molar-refractivity contribution is -0.117. The van der Waals surface area contributed by atoms with Crippen LogP contribution in [0.2, 0.25) is 0 Å². The van der Waals surface area contributed by atoms with Gasteiger partial charge >= 0.3 is 0 Å². The molecule has 5 nitrogen and oxygen atoms in total. The molecule has 0 radical (unpaired) electrons. The first-order valence-corrected chi connectivity index (χ1v) is 7.83. The third-order valence-electron chi connectivity index (χ3n) is 4.03. The van der Waals surface area contributed by atoms with Crippen molar-refractivity contribution in [3.8, 4) is 0 Å². The maximum absolute atomic E-state index is 12.6. The highest BCUT2D eigenvalue weighted by molar-refractivity contribution is 5.96. The summed E-state index contributed by atoms with van der Waals surface area (Å²) in [4.78, 5) is 14.8. The van der Waals surface area contributed by atoms with Crippen molar-refractivity contribution in [3.05, 3.63) is 42.6 Å². The number of carbonyl (C=O) groups excluding carboxylic acids is 1. The third-order valence-corrected chi connectivity index (χ3v) is 4.03. The van der Waals surface area contributed by atoms with E-state index in [0.717, 1.165) is 25.1 Å². The van der Waals surface area contributed by atoms with E-state index in [1.54, 1.807) is 0 Å². The van der Waals surface area contributed by atoms with Crippen LogP contribution in [-0.4, -0.2) is 28.3 Å². The summed E-state index contributed by atoms with van der Waals surface area (Å²) in [6.45, 7) is 5.04. The number of nitrogens with one attached hydrogen (secondary N) is 1. The van der Waals surface area contributed by atoms with Crippen molar-refractivity contribution in [2.45, 2.75) is 38.8 Å². The summed E-state index contributed by atoms with van der Waals surface area (Å²) in [5.41, 5.74) is 1.10. The first kappa shape index (κ1) is 14.6. The minimum Gasteiger partial charge on any atom is -0.360 e. The molecule has 1 aromatic carbocycles. The van der Waals surface area contributed by atoms with Gasteiger partial charge in [0.15, 0.2) is 5.82 Å². The fraction of sp³-hybridized carbons (Fsp3) is 0.412. The molecule has 2 heterocycles. The van der Waals surface area contributed by atoms with E-state index < -0.39 is 0 Å². The lowest BCUT2D eigenvalue weighted by atomic mass is 10.2. The first-order valence-electron chi connectivity index (χ1n) is 7.83. The second-order valence-corrected chi connectivity index (χ2v) is 5.95. The predicted octanol–water partition coefficient (Wildman–Crippen LogP) is 3.07. The van der Waals surface area contributed by atoms with Gasteiger partial charge in [-0.25, -0.2) is 0 Å². The highest BCUT2D eigenvalue weighted by atomic mass is 16.2. The van der Waals surface area contributed by atoms with Gasteiger partial charge in [0, 0.05) is 30.5 Å². The summed E-state index contributed by atoms with van der Waals surface area (Å²) < 4.78 is 1.85. The molecule has 0 saturated carbocycles. The minimum atomic E-state index is -0.119. The molecule has 1 unspecified atom stereocenters. The Hall–Kier alpha value is -2.30. The van der Waals surface area contributed by atoms with Crippen LogP contribution in [-0.2, 0) is 4.79 Å². The summed E-state index contributed by atoms with van der Waals surface area (Å²) in [5, 5.41) is 7.33. The van der Waals surface area contributed by atoms with E-state index in [-0.39, 0.29) is 18.0 Å². The van der Waals surface area contributed by atoms with Crippen molar-refractivity contribution >= 4 is 17.4 Å². The average Bonchev–Trinajstić information content (AvgIpc) is 3.17. The molecule has 2 aromatic rings. The van der Waals surface area contributed by atoms with Crippen LogP contribution < -0.4 is 10.2 Å². The van der Waals surface area contributed by atoms with Crippen molar-refractivity contribution in [2.24, 2.45) is 0 Å². The fourth-order valence-corrected chi connectivity index (χ4v) is 2.87. The molecule has 1 N–H and O–H groups in total. The fourth-order valence-electron chi connectivity index (χ4n) is 2.87. The molecule has 0 spiro atoms. The minimum absolute atomic E-state index is 0.0235. The summed E-state index contributed by atoms with van der Waals surface area (Å²) in [5.74, 6) is 0.647. The standard InChI is InChI=1S/C17H22N4O/c1-13(2)21-12-10-16(19-21)18-17(22)15-9-6-11-20(15)14-7-4-3-5-8-14/h3-5,7-8,10,12-13,15H,6,9,11H2,1-2H3,(H,18,19,22). The Bertz CT molecular complexity index is 635. The number of carbonyl (C=O) groups is 1. The Labute approximate surface area is 130 Å². The van der Waals surface area contributed by atoms with Crippen LogP contribution in [0.4, 0.5) is 11.5 Å². The molecule has 1 amide bonds. The number of hydrogen-bond acceptors (Lipinski definition) is 3.